The van der Waals surface area contributed by atoms with Crippen LogP contribution in [0.2, 0.25) is 0 Å². The third-order valence-electron chi connectivity index (χ3n) is 6.45. The number of aromatic amines is 1. The Kier molecular flexibility index (Phi) is 5.90. The van der Waals surface area contributed by atoms with Crippen molar-refractivity contribution < 1.29 is 14.7 Å². The number of aromatic carboxylic acids is 1. The zero-order valence-electron chi connectivity index (χ0n) is 19.0. The maximum atomic E-state index is 13.1. The van der Waals surface area contributed by atoms with Crippen LogP contribution in [-0.4, -0.2) is 43.2 Å². The Bertz CT molecular complexity index is 1360. The molecule has 0 atom stereocenters. The van der Waals surface area contributed by atoms with Crippen molar-refractivity contribution in [3.63, 3.8) is 0 Å². The van der Waals surface area contributed by atoms with Crippen LogP contribution in [0.5, 0.6) is 0 Å². The number of amides is 1. The molecule has 4 aromatic rings. The van der Waals surface area contributed by atoms with Crippen LogP contribution in [0.15, 0.2) is 54.7 Å². The molecule has 8 nitrogen and oxygen atoms in total. The largest absolute Gasteiger partial charge is 0.478 e. The second-order valence-corrected chi connectivity index (χ2v) is 8.57. The molecule has 1 amide bonds. The number of benzene rings is 2. The molecule has 8 heteroatoms. The van der Waals surface area contributed by atoms with Gasteiger partial charge < -0.3 is 15.4 Å². The monoisotopic (exact) mass is 457 g/mol. The number of nitrogens with zero attached hydrogens (tertiary/aromatic N) is 3. The van der Waals surface area contributed by atoms with E-state index in [1.165, 1.54) is 0 Å². The van der Waals surface area contributed by atoms with E-state index in [-0.39, 0.29) is 11.5 Å². The number of carbonyl (C=O) groups excluding carboxylic acids is 1. The van der Waals surface area contributed by atoms with E-state index in [1.807, 2.05) is 54.2 Å². The van der Waals surface area contributed by atoms with Crippen molar-refractivity contribution in [1.29, 1.82) is 0 Å². The Labute approximate surface area is 197 Å². The standard InChI is InChI=1S/C26H27N5O3/c1-2-31-22-11-12-30(15-18-14-27-23-19(18)9-6-10-20(23)26(33)34)16-21(22)24(29-31)25(32)28-13-17-7-4-3-5-8-17/h3-10,14,27H,2,11-13,15-16H2,1H3,(H,28,32)(H,33,34). The summed E-state index contributed by atoms with van der Waals surface area (Å²) in [6, 6.07) is 15.2. The number of hydrogen-bond acceptors (Lipinski definition) is 4. The quantitative estimate of drug-likeness (QED) is 0.394. The van der Waals surface area contributed by atoms with Crippen LogP contribution in [-0.2, 0) is 32.6 Å². The molecule has 0 bridgehead atoms. The first-order valence-corrected chi connectivity index (χ1v) is 11.5. The topological polar surface area (TPSA) is 103 Å². The van der Waals surface area contributed by atoms with E-state index < -0.39 is 5.97 Å². The molecular formula is C26H27N5O3. The Morgan fingerprint density at radius 1 is 1.15 bits per heavy atom. The van der Waals surface area contributed by atoms with Gasteiger partial charge in [0.25, 0.3) is 5.91 Å². The number of aryl methyl sites for hydroxylation is 1. The summed E-state index contributed by atoms with van der Waals surface area (Å²) < 4.78 is 1.94. The second kappa shape index (κ2) is 9.15. The van der Waals surface area contributed by atoms with Crippen molar-refractivity contribution in [3.05, 3.63) is 88.4 Å². The Morgan fingerprint density at radius 2 is 1.97 bits per heavy atom. The predicted octanol–water partition coefficient (Wildman–Crippen LogP) is 3.57. The van der Waals surface area contributed by atoms with Gasteiger partial charge in [0.1, 0.15) is 0 Å². The van der Waals surface area contributed by atoms with Crippen molar-refractivity contribution >= 4 is 22.8 Å². The van der Waals surface area contributed by atoms with Gasteiger partial charge in [0.15, 0.2) is 5.69 Å². The summed E-state index contributed by atoms with van der Waals surface area (Å²) in [7, 11) is 0. The van der Waals surface area contributed by atoms with Crippen molar-refractivity contribution in [2.45, 2.75) is 39.5 Å². The molecular weight excluding hydrogens is 430 g/mol. The van der Waals surface area contributed by atoms with Crippen LogP contribution in [0, 0.1) is 0 Å². The lowest BCUT2D eigenvalue weighted by Gasteiger charge is -2.27. The normalized spacial score (nSPS) is 13.7. The summed E-state index contributed by atoms with van der Waals surface area (Å²) in [6.07, 6.45) is 2.69. The minimum atomic E-state index is -0.945. The number of H-pyrrole nitrogens is 1. The molecule has 1 aliphatic heterocycles. The highest BCUT2D eigenvalue weighted by molar-refractivity contribution is 6.03. The van der Waals surface area contributed by atoms with E-state index >= 15 is 0 Å². The van der Waals surface area contributed by atoms with Gasteiger partial charge in [-0.05, 0) is 24.1 Å². The van der Waals surface area contributed by atoms with E-state index in [1.54, 1.807) is 12.1 Å². The molecule has 0 spiro atoms. The van der Waals surface area contributed by atoms with Crippen LogP contribution in [0.3, 0.4) is 0 Å². The number of para-hydroxylation sites is 1. The van der Waals surface area contributed by atoms with E-state index in [0.29, 0.717) is 37.4 Å². The zero-order chi connectivity index (χ0) is 23.7. The zero-order valence-corrected chi connectivity index (χ0v) is 19.0. The van der Waals surface area contributed by atoms with E-state index in [2.05, 4.69) is 20.3 Å². The lowest BCUT2D eigenvalue weighted by atomic mass is 10.0. The molecule has 0 saturated carbocycles. The molecule has 3 N–H and O–H groups in total. The van der Waals surface area contributed by atoms with Crippen LogP contribution in [0.4, 0.5) is 0 Å². The summed E-state index contributed by atoms with van der Waals surface area (Å²) in [6.45, 7) is 5.33. The van der Waals surface area contributed by atoms with Crippen LogP contribution in [0.25, 0.3) is 10.9 Å². The number of aromatic nitrogens is 3. The number of hydrogen-bond donors (Lipinski definition) is 3. The number of nitrogens with one attached hydrogen (secondary N) is 2. The highest BCUT2D eigenvalue weighted by atomic mass is 16.4. The van der Waals surface area contributed by atoms with Gasteiger partial charge in [-0.25, -0.2) is 4.79 Å². The van der Waals surface area contributed by atoms with Crippen molar-refractivity contribution in [1.82, 2.24) is 25.0 Å². The summed E-state index contributed by atoms with van der Waals surface area (Å²) in [5.41, 5.74) is 5.58. The van der Waals surface area contributed by atoms with Crippen molar-refractivity contribution in [2.24, 2.45) is 0 Å². The molecule has 0 saturated heterocycles. The predicted molar refractivity (Wildman–Crippen MR) is 129 cm³/mol. The first kappa shape index (κ1) is 21.9. The number of rotatable bonds is 7. The Morgan fingerprint density at radius 3 is 2.74 bits per heavy atom. The highest BCUT2D eigenvalue weighted by Crippen LogP contribution is 2.27. The molecule has 0 radical (unpaired) electrons. The van der Waals surface area contributed by atoms with Gasteiger partial charge >= 0.3 is 5.97 Å². The maximum absolute atomic E-state index is 13.1. The maximum Gasteiger partial charge on any atom is 0.337 e. The van der Waals surface area contributed by atoms with E-state index in [9.17, 15) is 14.7 Å². The number of carboxylic acid groups (broad SMARTS) is 1. The second-order valence-electron chi connectivity index (χ2n) is 8.57. The van der Waals surface area contributed by atoms with E-state index in [4.69, 9.17) is 0 Å². The SMILES string of the molecule is CCn1nc(C(=O)NCc2ccccc2)c2c1CCN(Cc1c[nH]c3c(C(=O)O)cccc13)C2. The fraction of sp³-hybridized carbons (Fsp3) is 0.269. The average Bonchev–Trinajstić information content (AvgIpc) is 3.44. The summed E-state index contributed by atoms with van der Waals surface area (Å²) >= 11 is 0. The molecule has 0 unspecified atom stereocenters. The third-order valence-corrected chi connectivity index (χ3v) is 6.45. The van der Waals surface area contributed by atoms with Gasteiger partial charge in [-0.15, -0.1) is 0 Å². The first-order valence-electron chi connectivity index (χ1n) is 11.5. The molecule has 1 aliphatic rings. The Hall–Kier alpha value is -3.91. The molecule has 174 valence electrons. The van der Waals surface area contributed by atoms with Crippen LogP contribution >= 0.6 is 0 Å². The Balaban J connectivity index is 1.37. The fourth-order valence-corrected chi connectivity index (χ4v) is 4.75. The summed E-state index contributed by atoms with van der Waals surface area (Å²) in [5.74, 6) is -1.10. The van der Waals surface area contributed by atoms with Gasteiger partial charge in [0, 0.05) is 62.0 Å². The molecule has 0 aliphatic carbocycles. The van der Waals surface area contributed by atoms with Gasteiger partial charge in [0.05, 0.1) is 11.1 Å². The van der Waals surface area contributed by atoms with Gasteiger partial charge in [-0.3, -0.25) is 14.4 Å². The fourth-order valence-electron chi connectivity index (χ4n) is 4.75. The number of carboxylic acids is 1. The minimum Gasteiger partial charge on any atom is -0.478 e. The molecule has 5 rings (SSSR count). The molecule has 0 fully saturated rings. The minimum absolute atomic E-state index is 0.160. The summed E-state index contributed by atoms with van der Waals surface area (Å²) in [5, 5.41) is 18.0. The summed E-state index contributed by atoms with van der Waals surface area (Å²) in [4.78, 5) is 30.0. The number of fused-ring (bicyclic) bond motifs is 2. The highest BCUT2D eigenvalue weighted by Gasteiger charge is 2.28. The van der Waals surface area contributed by atoms with Crippen molar-refractivity contribution in [3.8, 4) is 0 Å². The van der Waals surface area contributed by atoms with E-state index in [0.717, 1.165) is 40.7 Å². The molecule has 2 aromatic carbocycles. The third kappa shape index (κ3) is 4.08. The van der Waals surface area contributed by atoms with Gasteiger partial charge in [-0.2, -0.15) is 5.10 Å². The molecule has 2 aromatic heterocycles. The van der Waals surface area contributed by atoms with Crippen LogP contribution in [0.1, 0.15) is 50.2 Å². The lowest BCUT2D eigenvalue weighted by molar-refractivity contribution is 0.0698. The molecule has 3 heterocycles. The van der Waals surface area contributed by atoms with Gasteiger partial charge in [-0.1, -0.05) is 42.5 Å². The van der Waals surface area contributed by atoms with Crippen LogP contribution < -0.4 is 5.32 Å². The average molecular weight is 458 g/mol. The molecule has 34 heavy (non-hydrogen) atoms. The smallest absolute Gasteiger partial charge is 0.337 e. The number of carbonyl (C=O) groups is 2. The first-order chi connectivity index (χ1) is 16.5. The lowest BCUT2D eigenvalue weighted by Crippen LogP contribution is -2.32. The van der Waals surface area contributed by atoms with Gasteiger partial charge in [0.2, 0.25) is 0 Å². The van der Waals surface area contributed by atoms with Crippen molar-refractivity contribution in [2.75, 3.05) is 6.54 Å².